The minimum Gasteiger partial charge on any atom is -0.483 e. The number of nitrogens with zero attached hydrogens (tertiary/aromatic N) is 1. The van der Waals surface area contributed by atoms with Gasteiger partial charge in [-0.2, -0.15) is 0 Å². The predicted octanol–water partition coefficient (Wildman–Crippen LogP) is 2.85. The Morgan fingerprint density at radius 1 is 1.18 bits per heavy atom. The summed E-state index contributed by atoms with van der Waals surface area (Å²) in [6, 6.07) is 4.67. The van der Waals surface area contributed by atoms with Gasteiger partial charge >= 0.3 is 5.63 Å². The van der Waals surface area contributed by atoms with Crippen LogP contribution in [0.3, 0.4) is 0 Å². The highest BCUT2D eigenvalue weighted by Crippen LogP contribution is 2.64. The lowest BCUT2D eigenvalue weighted by Crippen LogP contribution is -2.71. The van der Waals surface area contributed by atoms with Gasteiger partial charge in [0.25, 0.3) is 0 Å². The van der Waals surface area contributed by atoms with Crippen LogP contribution in [0.2, 0.25) is 5.15 Å². The zero-order valence-electron chi connectivity index (χ0n) is 19.2. The second-order valence-electron chi connectivity index (χ2n) is 10.6. The first-order valence-corrected chi connectivity index (χ1v) is 11.8. The second kappa shape index (κ2) is 7.62. The van der Waals surface area contributed by atoms with E-state index in [2.05, 4.69) is 4.98 Å². The highest BCUT2D eigenvalue weighted by atomic mass is 35.5. The molecule has 2 aliphatic carbocycles. The molecule has 5 rings (SSSR count). The number of ether oxygens (including phenoxy) is 1. The molecule has 3 N–H and O–H groups in total. The number of hydrogen-bond donors (Lipinski definition) is 3. The summed E-state index contributed by atoms with van der Waals surface area (Å²) in [5.74, 6) is -1.42. The van der Waals surface area contributed by atoms with E-state index in [9.17, 15) is 24.9 Å². The van der Waals surface area contributed by atoms with Crippen LogP contribution in [0.5, 0.6) is 5.75 Å². The summed E-state index contributed by atoms with van der Waals surface area (Å²) in [4.78, 5) is 31.0. The van der Waals surface area contributed by atoms with Gasteiger partial charge in [-0.1, -0.05) is 25.4 Å². The van der Waals surface area contributed by atoms with Crippen molar-refractivity contribution in [2.45, 2.75) is 57.8 Å². The maximum atomic E-state index is 14.0. The van der Waals surface area contributed by atoms with Gasteiger partial charge in [-0.3, -0.25) is 4.79 Å². The summed E-state index contributed by atoms with van der Waals surface area (Å²) in [5.41, 5.74) is -3.42. The number of hydrogen-bond acceptors (Lipinski definition) is 8. The maximum absolute atomic E-state index is 14.0. The van der Waals surface area contributed by atoms with E-state index in [4.69, 9.17) is 20.8 Å². The van der Waals surface area contributed by atoms with Gasteiger partial charge in [0, 0.05) is 23.2 Å². The van der Waals surface area contributed by atoms with Crippen LogP contribution in [0.4, 0.5) is 0 Å². The highest BCUT2D eigenvalue weighted by Gasteiger charge is 2.69. The van der Waals surface area contributed by atoms with Crippen LogP contribution in [-0.2, 0) is 0 Å². The number of carbonyl (C=O) groups is 1. The molecule has 0 amide bonds. The summed E-state index contributed by atoms with van der Waals surface area (Å²) >= 11 is 5.85. The van der Waals surface area contributed by atoms with Gasteiger partial charge in [0.05, 0.1) is 24.7 Å². The number of aromatic nitrogens is 1. The Bertz CT molecular complexity index is 1210. The fraction of sp³-hybridized carbons (Fsp3) is 0.560. The molecule has 2 fully saturated rings. The minimum absolute atomic E-state index is 0.0619. The number of fused-ring (bicyclic) bond motifs is 4. The molecular formula is C25H28ClNO7. The average Bonchev–Trinajstić information content (AvgIpc) is 2.78. The van der Waals surface area contributed by atoms with Gasteiger partial charge in [0.2, 0.25) is 0 Å². The van der Waals surface area contributed by atoms with Crippen molar-refractivity contribution in [3.8, 4) is 17.1 Å². The Hall–Kier alpha value is -2.26. The SMILES string of the molecule is C[C@]12CC[C@H](O)[C@@](C)(CO)C1C[C@H](O)[C@@]1(C)Oc3cc(-c4ccc(Cl)nc4)oc(=O)c3C(=O)C21. The Balaban J connectivity index is 1.65. The summed E-state index contributed by atoms with van der Waals surface area (Å²) in [5, 5.41) is 32.5. The third-order valence-corrected chi connectivity index (χ3v) is 8.99. The first kappa shape index (κ1) is 23.5. The van der Waals surface area contributed by atoms with Crippen LogP contribution < -0.4 is 10.4 Å². The molecular weight excluding hydrogens is 462 g/mol. The first-order valence-electron chi connectivity index (χ1n) is 11.5. The lowest BCUT2D eigenvalue weighted by Gasteiger charge is -2.64. The maximum Gasteiger partial charge on any atom is 0.351 e. The Morgan fingerprint density at radius 3 is 2.56 bits per heavy atom. The van der Waals surface area contributed by atoms with Gasteiger partial charge in [-0.25, -0.2) is 9.78 Å². The quantitative estimate of drug-likeness (QED) is 0.549. The molecule has 3 heterocycles. The van der Waals surface area contributed by atoms with Crippen molar-refractivity contribution in [3.05, 3.63) is 45.5 Å². The van der Waals surface area contributed by atoms with E-state index in [0.717, 1.165) is 0 Å². The molecule has 2 unspecified atom stereocenters. The highest BCUT2D eigenvalue weighted by molar-refractivity contribution is 6.29. The normalized spacial score (nSPS) is 39.0. The van der Waals surface area contributed by atoms with Gasteiger partial charge < -0.3 is 24.5 Å². The van der Waals surface area contributed by atoms with Crippen molar-refractivity contribution in [2.75, 3.05) is 6.61 Å². The molecule has 182 valence electrons. The van der Waals surface area contributed by atoms with Gasteiger partial charge in [-0.15, -0.1) is 0 Å². The molecule has 0 saturated heterocycles. The molecule has 0 aromatic carbocycles. The van der Waals surface area contributed by atoms with Crippen molar-refractivity contribution in [2.24, 2.45) is 22.7 Å². The van der Waals surface area contributed by atoms with Gasteiger partial charge in [0.1, 0.15) is 27.8 Å². The van der Waals surface area contributed by atoms with Crippen LogP contribution in [0, 0.1) is 22.7 Å². The summed E-state index contributed by atoms with van der Waals surface area (Å²) in [6.07, 6.45) is 0.758. The standard InChI is InChI=1S/C25H28ClNO7/c1-23-7-6-16(29)24(2,11-28)15(23)9-17(30)25(3)21(23)20(31)19-14(34-25)8-13(33-22(19)32)12-4-5-18(26)27-10-12/h4-5,8,10,15-17,21,28-30H,6-7,9,11H2,1-3H3/t15?,16-,17-,21?,23-,24-,25+/m0/s1. The van der Waals surface area contributed by atoms with Crippen molar-refractivity contribution >= 4 is 17.4 Å². The Kier molecular flexibility index (Phi) is 5.26. The number of ketones is 1. The molecule has 2 aromatic heterocycles. The molecule has 1 aliphatic heterocycles. The molecule has 0 radical (unpaired) electrons. The molecule has 0 bridgehead atoms. The summed E-state index contributed by atoms with van der Waals surface area (Å²) in [7, 11) is 0. The Labute approximate surface area is 201 Å². The van der Waals surface area contributed by atoms with Crippen molar-refractivity contribution in [1.82, 2.24) is 4.98 Å². The predicted molar refractivity (Wildman–Crippen MR) is 123 cm³/mol. The topological polar surface area (TPSA) is 130 Å². The van der Waals surface area contributed by atoms with Crippen LogP contribution in [0.15, 0.2) is 33.6 Å². The largest absolute Gasteiger partial charge is 0.483 e. The molecule has 7 atom stereocenters. The molecule has 2 saturated carbocycles. The molecule has 2 aromatic rings. The number of Topliss-reactive ketones (excluding diaryl/α,β-unsaturated/α-hetero) is 1. The van der Waals surface area contributed by atoms with Crippen LogP contribution in [-0.4, -0.2) is 50.5 Å². The molecule has 8 nitrogen and oxygen atoms in total. The van der Waals surface area contributed by atoms with Crippen molar-refractivity contribution in [3.63, 3.8) is 0 Å². The molecule has 34 heavy (non-hydrogen) atoms. The zero-order valence-corrected chi connectivity index (χ0v) is 20.0. The van der Waals surface area contributed by atoms with Gasteiger partial charge in [-0.05, 0) is 49.7 Å². The lowest BCUT2D eigenvalue weighted by molar-refractivity contribution is -0.226. The van der Waals surface area contributed by atoms with E-state index in [1.165, 1.54) is 12.3 Å². The van der Waals surface area contributed by atoms with E-state index in [0.29, 0.717) is 18.4 Å². The Morgan fingerprint density at radius 2 is 1.91 bits per heavy atom. The number of aliphatic hydroxyl groups excluding tert-OH is 3. The van der Waals surface area contributed by atoms with Crippen LogP contribution in [0.25, 0.3) is 11.3 Å². The van der Waals surface area contributed by atoms with E-state index in [1.807, 2.05) is 6.92 Å². The second-order valence-corrected chi connectivity index (χ2v) is 11.0. The van der Waals surface area contributed by atoms with E-state index in [1.54, 1.807) is 26.0 Å². The number of pyridine rings is 1. The van der Waals surface area contributed by atoms with Crippen molar-refractivity contribution < 1.29 is 29.3 Å². The van der Waals surface area contributed by atoms with E-state index in [-0.39, 0.29) is 41.2 Å². The van der Waals surface area contributed by atoms with Gasteiger partial charge in [0.15, 0.2) is 5.78 Å². The average molecular weight is 490 g/mol. The number of rotatable bonds is 2. The molecule has 0 spiro atoms. The monoisotopic (exact) mass is 489 g/mol. The summed E-state index contributed by atoms with van der Waals surface area (Å²) in [6.45, 7) is 5.15. The van der Waals surface area contributed by atoms with Crippen molar-refractivity contribution in [1.29, 1.82) is 0 Å². The van der Waals surface area contributed by atoms with E-state index >= 15 is 0 Å². The van der Waals surface area contributed by atoms with Crippen LogP contribution in [0.1, 0.15) is 50.4 Å². The smallest absolute Gasteiger partial charge is 0.351 e. The molecule has 9 heteroatoms. The fourth-order valence-electron chi connectivity index (χ4n) is 6.85. The first-order chi connectivity index (χ1) is 16.0. The number of halogens is 1. The number of carbonyl (C=O) groups excluding carboxylic acids is 1. The number of aliphatic hydroxyl groups is 3. The minimum atomic E-state index is -1.29. The zero-order chi connectivity index (χ0) is 24.6. The van der Waals surface area contributed by atoms with Crippen LogP contribution >= 0.6 is 11.6 Å². The summed E-state index contributed by atoms with van der Waals surface area (Å²) < 4.78 is 11.8. The third kappa shape index (κ3) is 3.05. The van der Waals surface area contributed by atoms with E-state index < -0.39 is 46.0 Å². The molecule has 3 aliphatic rings. The fourth-order valence-corrected chi connectivity index (χ4v) is 6.96. The lowest BCUT2D eigenvalue weighted by atomic mass is 9.43. The third-order valence-electron chi connectivity index (χ3n) is 8.77.